The minimum Gasteiger partial charge on any atom is -0.490 e. The third-order valence-corrected chi connectivity index (χ3v) is 5.40. The zero-order valence-electron chi connectivity index (χ0n) is 19.1. The average molecular weight is 522 g/mol. The molecule has 0 aliphatic rings. The first-order valence-electron chi connectivity index (χ1n) is 11.1. The van der Waals surface area contributed by atoms with Gasteiger partial charge in [-0.1, -0.05) is 53.5 Å². The van der Waals surface area contributed by atoms with Crippen LogP contribution in [0, 0.1) is 0 Å². The van der Waals surface area contributed by atoms with E-state index in [1.165, 1.54) is 0 Å². The van der Waals surface area contributed by atoms with Gasteiger partial charge < -0.3 is 18.7 Å². The largest absolute Gasteiger partial charge is 0.864 e. The highest BCUT2D eigenvalue weighted by Gasteiger charge is 2.30. The first kappa shape index (κ1) is 25.3. The molecule has 0 aliphatic heterocycles. The van der Waals surface area contributed by atoms with E-state index < -0.39 is 13.4 Å². The van der Waals surface area contributed by atoms with Gasteiger partial charge in [0.05, 0.1) is 6.61 Å². The van der Waals surface area contributed by atoms with Crippen LogP contribution in [0.5, 0.6) is 17.2 Å². The number of hydrogen-bond donors (Lipinski definition) is 1. The molecule has 1 amide bonds. The van der Waals surface area contributed by atoms with Crippen molar-refractivity contribution in [1.29, 1.82) is 0 Å². The molecule has 36 heavy (non-hydrogen) atoms. The number of para-hydroxylation sites is 1. The Bertz CT molecular complexity index is 1190. The number of benzene rings is 4. The van der Waals surface area contributed by atoms with E-state index in [1.807, 2.05) is 30.3 Å². The maximum Gasteiger partial charge on any atom is 0.864 e. The zero-order chi connectivity index (χ0) is 25.2. The van der Waals surface area contributed by atoms with E-state index in [0.29, 0.717) is 39.4 Å². The molecule has 1 N–H and O–H groups in total. The third-order valence-electron chi connectivity index (χ3n) is 4.89. The van der Waals surface area contributed by atoms with Gasteiger partial charge in [0, 0.05) is 22.2 Å². The third kappa shape index (κ3) is 8.15. The van der Waals surface area contributed by atoms with Gasteiger partial charge in [0.25, 0.3) is 0 Å². The Balaban J connectivity index is 1.32. The molecule has 4 rings (SSSR count). The molecule has 0 fully saturated rings. The summed E-state index contributed by atoms with van der Waals surface area (Å²) in [6.45, 7) is 0.237. The second kappa shape index (κ2) is 12.8. The maximum absolute atomic E-state index is 11.9. The summed E-state index contributed by atoms with van der Waals surface area (Å²) in [5.41, 5.74) is 1.66. The minimum atomic E-state index is -1.07. The van der Waals surface area contributed by atoms with Gasteiger partial charge in [-0.15, -0.1) is 0 Å². The van der Waals surface area contributed by atoms with Gasteiger partial charge in [0.15, 0.2) is 0 Å². The van der Waals surface area contributed by atoms with Crippen molar-refractivity contribution in [1.82, 2.24) is 0 Å². The summed E-state index contributed by atoms with van der Waals surface area (Å²) in [5.74, 6) is 1.59. The lowest BCUT2D eigenvalue weighted by Gasteiger charge is -2.17. The van der Waals surface area contributed by atoms with Gasteiger partial charge in [-0.2, -0.15) is 0 Å². The molecule has 0 spiro atoms. The normalized spacial score (nSPS) is 10.3. The standard InChI is InChI=1S/C27H22BCl2NO5/c29-21-8-14-25(15-9-21)35-28(36-26-16-10-22(30)11-17-26)34-24-12-6-20(7-13-24)18-19-33-27(32)31-23-4-2-1-3-5-23/h1-17H,18-19H2,(H,31,32). The van der Waals surface area contributed by atoms with Gasteiger partial charge in [-0.05, 0) is 78.4 Å². The molecule has 4 aromatic rings. The number of ether oxygens (including phenoxy) is 1. The molecule has 0 saturated heterocycles. The van der Waals surface area contributed by atoms with Crippen LogP contribution in [-0.4, -0.2) is 20.0 Å². The predicted molar refractivity (Wildman–Crippen MR) is 142 cm³/mol. The molecule has 0 aliphatic carbocycles. The number of anilines is 1. The summed E-state index contributed by atoms with van der Waals surface area (Å²) in [6, 6.07) is 30.2. The van der Waals surface area contributed by atoms with E-state index in [4.69, 9.17) is 41.9 Å². The van der Waals surface area contributed by atoms with Crippen LogP contribution in [0.4, 0.5) is 10.5 Å². The highest BCUT2D eigenvalue weighted by atomic mass is 35.5. The Morgan fingerprint density at radius 3 is 1.64 bits per heavy atom. The summed E-state index contributed by atoms with van der Waals surface area (Å²) in [6.07, 6.45) is 0.0526. The van der Waals surface area contributed by atoms with E-state index >= 15 is 0 Å². The zero-order valence-corrected chi connectivity index (χ0v) is 20.6. The molecule has 0 bridgehead atoms. The van der Waals surface area contributed by atoms with Crippen molar-refractivity contribution in [3.05, 3.63) is 119 Å². The Morgan fingerprint density at radius 1 is 0.667 bits per heavy atom. The number of hydrogen-bond acceptors (Lipinski definition) is 5. The van der Waals surface area contributed by atoms with Crippen molar-refractivity contribution in [2.24, 2.45) is 0 Å². The van der Waals surface area contributed by atoms with E-state index in [-0.39, 0.29) is 6.61 Å². The number of nitrogens with one attached hydrogen (secondary N) is 1. The summed E-state index contributed by atoms with van der Waals surface area (Å²) in [5, 5.41) is 3.87. The van der Waals surface area contributed by atoms with Crippen LogP contribution in [0.25, 0.3) is 0 Å². The second-order valence-electron chi connectivity index (χ2n) is 7.57. The van der Waals surface area contributed by atoms with Gasteiger partial charge in [0.2, 0.25) is 0 Å². The highest BCUT2D eigenvalue weighted by Crippen LogP contribution is 2.22. The first-order chi connectivity index (χ1) is 17.5. The summed E-state index contributed by atoms with van der Waals surface area (Å²) in [4.78, 5) is 11.9. The van der Waals surface area contributed by atoms with Gasteiger partial charge in [-0.3, -0.25) is 5.32 Å². The summed E-state index contributed by atoms with van der Waals surface area (Å²) in [7, 11) is -1.07. The van der Waals surface area contributed by atoms with Crippen molar-refractivity contribution in [2.75, 3.05) is 11.9 Å². The lowest BCUT2D eigenvalue weighted by Crippen LogP contribution is -2.36. The fourth-order valence-electron chi connectivity index (χ4n) is 3.10. The van der Waals surface area contributed by atoms with Crippen LogP contribution < -0.4 is 19.3 Å². The molecule has 0 atom stereocenters. The molecule has 6 nitrogen and oxygen atoms in total. The first-order valence-corrected chi connectivity index (χ1v) is 11.9. The van der Waals surface area contributed by atoms with Crippen LogP contribution in [0.1, 0.15) is 5.56 Å². The van der Waals surface area contributed by atoms with Crippen molar-refractivity contribution in [3.8, 4) is 17.2 Å². The van der Waals surface area contributed by atoms with E-state index in [1.54, 1.807) is 72.8 Å². The molecule has 9 heteroatoms. The van der Waals surface area contributed by atoms with Crippen LogP contribution in [0.2, 0.25) is 10.0 Å². The topological polar surface area (TPSA) is 66.0 Å². The number of carbonyl (C=O) groups is 1. The lowest BCUT2D eigenvalue weighted by molar-refractivity contribution is 0.163. The van der Waals surface area contributed by atoms with Crippen molar-refractivity contribution in [3.63, 3.8) is 0 Å². The molecular formula is C27H22BCl2NO5. The summed E-state index contributed by atoms with van der Waals surface area (Å²) < 4.78 is 23.0. The molecule has 0 radical (unpaired) electrons. The fourth-order valence-corrected chi connectivity index (χ4v) is 3.36. The van der Waals surface area contributed by atoms with Crippen LogP contribution >= 0.6 is 23.2 Å². The lowest BCUT2D eigenvalue weighted by atomic mass is 10.1. The van der Waals surface area contributed by atoms with Gasteiger partial charge in [0.1, 0.15) is 17.2 Å². The molecule has 4 aromatic carbocycles. The number of halogens is 2. The molecule has 0 unspecified atom stereocenters. The minimum absolute atomic E-state index is 0.237. The molecular weight excluding hydrogens is 500 g/mol. The molecule has 182 valence electrons. The SMILES string of the molecule is O=C(Nc1ccccc1)OCCc1ccc(OB(Oc2ccc(Cl)cc2)Oc2ccc(Cl)cc2)cc1. The van der Waals surface area contributed by atoms with Crippen LogP contribution in [0.3, 0.4) is 0 Å². The number of rotatable bonds is 10. The highest BCUT2D eigenvalue weighted by molar-refractivity contribution is 6.39. The van der Waals surface area contributed by atoms with Crippen LogP contribution in [-0.2, 0) is 11.2 Å². The molecule has 0 heterocycles. The fraction of sp³-hybridized carbons (Fsp3) is 0.0741. The smallest absolute Gasteiger partial charge is 0.490 e. The van der Waals surface area contributed by atoms with E-state index in [2.05, 4.69) is 5.32 Å². The average Bonchev–Trinajstić information content (AvgIpc) is 2.88. The van der Waals surface area contributed by atoms with Gasteiger partial charge >= 0.3 is 13.4 Å². The predicted octanol–water partition coefficient (Wildman–Crippen LogP) is 7.31. The Kier molecular flexibility index (Phi) is 8.97. The maximum atomic E-state index is 11.9. The van der Waals surface area contributed by atoms with E-state index in [0.717, 1.165) is 5.56 Å². The number of carbonyl (C=O) groups excluding carboxylic acids is 1. The monoisotopic (exact) mass is 521 g/mol. The van der Waals surface area contributed by atoms with Crippen molar-refractivity contribution >= 4 is 42.3 Å². The Labute approximate surface area is 219 Å². The van der Waals surface area contributed by atoms with Gasteiger partial charge in [-0.25, -0.2) is 4.79 Å². The molecule has 0 saturated carbocycles. The van der Waals surface area contributed by atoms with Crippen molar-refractivity contribution in [2.45, 2.75) is 6.42 Å². The second-order valence-corrected chi connectivity index (χ2v) is 8.44. The Hall–Kier alpha value is -3.81. The Morgan fingerprint density at radius 2 is 1.14 bits per heavy atom. The van der Waals surface area contributed by atoms with Crippen molar-refractivity contribution < 1.29 is 23.5 Å². The quantitative estimate of drug-likeness (QED) is 0.222. The van der Waals surface area contributed by atoms with E-state index in [9.17, 15) is 4.79 Å². The molecule has 0 aromatic heterocycles. The van der Waals surface area contributed by atoms with Crippen LogP contribution in [0.15, 0.2) is 103 Å². The summed E-state index contributed by atoms with van der Waals surface area (Å²) >= 11 is 11.9. The number of amides is 1.